The van der Waals surface area contributed by atoms with Crippen LogP contribution in [0.1, 0.15) is 11.3 Å². The first-order chi connectivity index (χ1) is 9.78. The second-order valence-corrected chi connectivity index (χ2v) is 4.59. The fraction of sp³-hybridized carbons (Fsp3) is 0.286. The van der Waals surface area contributed by atoms with Gasteiger partial charge in [-0.3, -0.25) is 9.78 Å². The molecule has 3 rings (SSSR count). The SMILES string of the molecule is COc1ccccc1Nc1nc2c(c(=O)[nH]1)CNCC2. The standard InChI is InChI=1S/C14H16N4O2/c1-20-12-5-3-2-4-11(12)17-14-16-10-6-7-15-8-9(10)13(19)18-14/h2-5,15H,6-8H2,1H3,(H2,16,17,18,19). The summed E-state index contributed by atoms with van der Waals surface area (Å²) in [5, 5.41) is 6.27. The number of hydrogen-bond donors (Lipinski definition) is 3. The average Bonchev–Trinajstić information content (AvgIpc) is 2.48. The summed E-state index contributed by atoms with van der Waals surface area (Å²) in [6.45, 7) is 1.42. The van der Waals surface area contributed by atoms with Crippen molar-refractivity contribution in [2.75, 3.05) is 19.0 Å². The Hall–Kier alpha value is -2.34. The molecule has 2 heterocycles. The van der Waals surface area contributed by atoms with Gasteiger partial charge in [0.25, 0.3) is 5.56 Å². The highest BCUT2D eigenvalue weighted by molar-refractivity contribution is 5.62. The Bertz CT molecular complexity index is 681. The number of hydrogen-bond acceptors (Lipinski definition) is 5. The van der Waals surface area contributed by atoms with Crippen LogP contribution in [0.15, 0.2) is 29.1 Å². The highest BCUT2D eigenvalue weighted by atomic mass is 16.5. The molecule has 0 saturated carbocycles. The third-order valence-electron chi connectivity index (χ3n) is 3.30. The monoisotopic (exact) mass is 272 g/mol. The van der Waals surface area contributed by atoms with Crippen molar-refractivity contribution in [2.45, 2.75) is 13.0 Å². The first-order valence-electron chi connectivity index (χ1n) is 6.51. The minimum atomic E-state index is -0.0976. The van der Waals surface area contributed by atoms with Crippen LogP contribution in [0.2, 0.25) is 0 Å². The smallest absolute Gasteiger partial charge is 0.257 e. The van der Waals surface area contributed by atoms with E-state index in [9.17, 15) is 4.79 Å². The molecule has 20 heavy (non-hydrogen) atoms. The topological polar surface area (TPSA) is 79.0 Å². The number of rotatable bonds is 3. The lowest BCUT2D eigenvalue weighted by Gasteiger charge is -2.16. The number of fused-ring (bicyclic) bond motifs is 1. The second-order valence-electron chi connectivity index (χ2n) is 4.59. The largest absolute Gasteiger partial charge is 0.495 e. The Balaban J connectivity index is 1.95. The molecule has 2 aromatic rings. The van der Waals surface area contributed by atoms with Crippen LogP contribution >= 0.6 is 0 Å². The zero-order chi connectivity index (χ0) is 13.9. The maximum absolute atomic E-state index is 12.0. The first kappa shape index (κ1) is 12.7. The van der Waals surface area contributed by atoms with Crippen LogP contribution in [0.4, 0.5) is 11.6 Å². The zero-order valence-corrected chi connectivity index (χ0v) is 11.2. The summed E-state index contributed by atoms with van der Waals surface area (Å²) in [6, 6.07) is 7.51. The highest BCUT2D eigenvalue weighted by Gasteiger charge is 2.15. The Morgan fingerprint density at radius 3 is 3.05 bits per heavy atom. The van der Waals surface area contributed by atoms with E-state index in [-0.39, 0.29) is 5.56 Å². The molecule has 6 nitrogen and oxygen atoms in total. The molecule has 0 bridgehead atoms. The van der Waals surface area contributed by atoms with E-state index in [4.69, 9.17) is 4.74 Å². The molecule has 0 aliphatic carbocycles. The predicted octanol–water partition coefficient (Wildman–Crippen LogP) is 1.17. The number of methoxy groups -OCH3 is 1. The van der Waals surface area contributed by atoms with Gasteiger partial charge in [0, 0.05) is 19.5 Å². The number of nitrogens with zero attached hydrogens (tertiary/aromatic N) is 1. The predicted molar refractivity (Wildman–Crippen MR) is 76.5 cm³/mol. The van der Waals surface area contributed by atoms with Crippen LogP contribution in [-0.4, -0.2) is 23.6 Å². The van der Waals surface area contributed by atoms with Gasteiger partial charge in [0.2, 0.25) is 5.95 Å². The Labute approximate surface area is 116 Å². The van der Waals surface area contributed by atoms with E-state index in [0.29, 0.717) is 18.2 Å². The molecule has 6 heteroatoms. The summed E-state index contributed by atoms with van der Waals surface area (Å²) < 4.78 is 5.27. The van der Waals surface area contributed by atoms with Crippen molar-refractivity contribution < 1.29 is 4.74 Å². The van der Waals surface area contributed by atoms with Gasteiger partial charge in [-0.2, -0.15) is 0 Å². The maximum atomic E-state index is 12.0. The van der Waals surface area contributed by atoms with E-state index in [1.807, 2.05) is 24.3 Å². The highest BCUT2D eigenvalue weighted by Crippen LogP contribution is 2.25. The number of para-hydroxylation sites is 2. The number of H-pyrrole nitrogens is 1. The Morgan fingerprint density at radius 2 is 2.20 bits per heavy atom. The number of benzene rings is 1. The third kappa shape index (κ3) is 2.37. The molecule has 1 aromatic carbocycles. The molecule has 0 unspecified atom stereocenters. The van der Waals surface area contributed by atoms with Gasteiger partial charge in [-0.25, -0.2) is 4.98 Å². The Morgan fingerprint density at radius 1 is 1.35 bits per heavy atom. The average molecular weight is 272 g/mol. The van der Waals surface area contributed by atoms with E-state index < -0.39 is 0 Å². The van der Waals surface area contributed by atoms with Crippen LogP contribution in [0, 0.1) is 0 Å². The Kier molecular flexibility index (Phi) is 3.39. The van der Waals surface area contributed by atoms with Crippen molar-refractivity contribution in [1.29, 1.82) is 0 Å². The van der Waals surface area contributed by atoms with Crippen LogP contribution in [-0.2, 0) is 13.0 Å². The molecule has 0 spiro atoms. The van der Waals surface area contributed by atoms with Gasteiger partial charge in [0.05, 0.1) is 24.1 Å². The van der Waals surface area contributed by atoms with Gasteiger partial charge in [-0.15, -0.1) is 0 Å². The quantitative estimate of drug-likeness (QED) is 0.781. The van der Waals surface area contributed by atoms with E-state index in [2.05, 4.69) is 20.6 Å². The van der Waals surface area contributed by atoms with Crippen LogP contribution in [0.25, 0.3) is 0 Å². The van der Waals surface area contributed by atoms with Gasteiger partial charge >= 0.3 is 0 Å². The van der Waals surface area contributed by atoms with Crippen molar-refractivity contribution in [3.05, 3.63) is 45.9 Å². The van der Waals surface area contributed by atoms with Gasteiger partial charge in [-0.1, -0.05) is 12.1 Å². The summed E-state index contributed by atoms with van der Waals surface area (Å²) in [5.74, 6) is 1.15. The van der Waals surface area contributed by atoms with Crippen LogP contribution in [0.3, 0.4) is 0 Å². The lowest BCUT2D eigenvalue weighted by atomic mass is 10.1. The molecular weight excluding hydrogens is 256 g/mol. The summed E-state index contributed by atoms with van der Waals surface area (Å²) in [6.07, 6.45) is 0.764. The van der Waals surface area contributed by atoms with E-state index in [1.54, 1.807) is 7.11 Å². The van der Waals surface area contributed by atoms with Crippen molar-refractivity contribution in [3.63, 3.8) is 0 Å². The molecular formula is C14H16N4O2. The molecule has 3 N–H and O–H groups in total. The summed E-state index contributed by atoms with van der Waals surface area (Å²) in [5.41, 5.74) is 2.25. The minimum absolute atomic E-state index is 0.0976. The molecule has 104 valence electrons. The molecule has 0 radical (unpaired) electrons. The van der Waals surface area contributed by atoms with E-state index in [1.165, 1.54) is 0 Å². The summed E-state index contributed by atoms with van der Waals surface area (Å²) in [7, 11) is 1.61. The molecule has 0 atom stereocenters. The van der Waals surface area contributed by atoms with E-state index in [0.717, 1.165) is 29.9 Å². The van der Waals surface area contributed by atoms with Crippen molar-refractivity contribution in [3.8, 4) is 5.75 Å². The number of ether oxygens (including phenoxy) is 1. The summed E-state index contributed by atoms with van der Waals surface area (Å²) >= 11 is 0. The molecule has 1 aromatic heterocycles. The van der Waals surface area contributed by atoms with Crippen molar-refractivity contribution >= 4 is 11.6 Å². The molecule has 0 fully saturated rings. The first-order valence-corrected chi connectivity index (χ1v) is 6.51. The fourth-order valence-electron chi connectivity index (χ4n) is 2.29. The van der Waals surface area contributed by atoms with Crippen molar-refractivity contribution in [2.24, 2.45) is 0 Å². The minimum Gasteiger partial charge on any atom is -0.495 e. The normalized spacial score (nSPS) is 13.7. The van der Waals surface area contributed by atoms with Gasteiger partial charge in [0.15, 0.2) is 0 Å². The molecule has 0 saturated heterocycles. The second kappa shape index (κ2) is 5.34. The molecule has 1 aliphatic heterocycles. The number of aromatic amines is 1. The molecule has 1 aliphatic rings. The lowest BCUT2D eigenvalue weighted by Crippen LogP contribution is -2.31. The van der Waals surface area contributed by atoms with Gasteiger partial charge in [0.1, 0.15) is 5.75 Å². The summed E-state index contributed by atoms with van der Waals surface area (Å²) in [4.78, 5) is 19.3. The van der Waals surface area contributed by atoms with Crippen LogP contribution < -0.4 is 20.9 Å². The number of nitrogens with one attached hydrogen (secondary N) is 3. The number of anilines is 2. The molecule has 0 amide bonds. The lowest BCUT2D eigenvalue weighted by molar-refractivity contribution is 0.417. The number of aromatic nitrogens is 2. The van der Waals surface area contributed by atoms with Gasteiger partial charge in [-0.05, 0) is 12.1 Å². The van der Waals surface area contributed by atoms with Crippen molar-refractivity contribution in [1.82, 2.24) is 15.3 Å². The van der Waals surface area contributed by atoms with Crippen LogP contribution in [0.5, 0.6) is 5.75 Å². The maximum Gasteiger partial charge on any atom is 0.257 e. The third-order valence-corrected chi connectivity index (χ3v) is 3.30. The zero-order valence-electron chi connectivity index (χ0n) is 11.2. The van der Waals surface area contributed by atoms with Gasteiger partial charge < -0.3 is 15.4 Å². The van der Waals surface area contributed by atoms with E-state index >= 15 is 0 Å². The fourth-order valence-corrected chi connectivity index (χ4v) is 2.29.